The molecule has 1 fully saturated rings. The summed E-state index contributed by atoms with van der Waals surface area (Å²) in [5.41, 5.74) is 1.98. The first-order valence-electron chi connectivity index (χ1n) is 8.86. The van der Waals surface area contributed by atoms with Gasteiger partial charge >= 0.3 is 5.97 Å². The molecule has 1 aliphatic heterocycles. The number of anilines is 1. The van der Waals surface area contributed by atoms with E-state index in [2.05, 4.69) is 4.98 Å². The zero-order chi connectivity index (χ0) is 19.5. The SMILES string of the molecule is COc1ccc(-c2nc(C(=O)Oc3ccc(N4CCCC4=O)cc3)cs2)cc1. The van der Waals surface area contributed by atoms with Crippen molar-refractivity contribution in [3.05, 3.63) is 59.6 Å². The van der Waals surface area contributed by atoms with E-state index in [-0.39, 0.29) is 11.6 Å². The van der Waals surface area contributed by atoms with Gasteiger partial charge in [0.15, 0.2) is 5.69 Å². The molecule has 28 heavy (non-hydrogen) atoms. The zero-order valence-corrected chi connectivity index (χ0v) is 16.1. The molecule has 0 unspecified atom stereocenters. The Balaban J connectivity index is 1.43. The van der Waals surface area contributed by atoms with Gasteiger partial charge in [0.25, 0.3) is 0 Å². The van der Waals surface area contributed by atoms with E-state index in [1.54, 1.807) is 41.7 Å². The molecule has 1 saturated heterocycles. The van der Waals surface area contributed by atoms with Crippen LogP contribution in [-0.4, -0.2) is 30.5 Å². The summed E-state index contributed by atoms with van der Waals surface area (Å²) in [6.45, 7) is 0.727. The summed E-state index contributed by atoms with van der Waals surface area (Å²) < 4.78 is 10.6. The van der Waals surface area contributed by atoms with Crippen LogP contribution in [0, 0.1) is 0 Å². The van der Waals surface area contributed by atoms with Gasteiger partial charge in [-0.1, -0.05) is 0 Å². The maximum Gasteiger partial charge on any atom is 0.363 e. The molecule has 0 atom stereocenters. The highest BCUT2D eigenvalue weighted by Gasteiger charge is 2.21. The Bertz CT molecular complexity index is 996. The topological polar surface area (TPSA) is 68.7 Å². The van der Waals surface area contributed by atoms with E-state index in [1.807, 2.05) is 24.3 Å². The predicted octanol–water partition coefficient (Wildman–Crippen LogP) is 4.16. The van der Waals surface area contributed by atoms with Gasteiger partial charge in [0.1, 0.15) is 16.5 Å². The normalized spacial score (nSPS) is 13.6. The lowest BCUT2D eigenvalue weighted by Crippen LogP contribution is -2.23. The van der Waals surface area contributed by atoms with Crippen LogP contribution in [0.5, 0.6) is 11.5 Å². The third-order valence-corrected chi connectivity index (χ3v) is 5.37. The van der Waals surface area contributed by atoms with Crippen molar-refractivity contribution in [1.82, 2.24) is 4.98 Å². The second kappa shape index (κ2) is 7.82. The first-order chi connectivity index (χ1) is 13.6. The van der Waals surface area contributed by atoms with Crippen molar-refractivity contribution in [3.63, 3.8) is 0 Å². The van der Waals surface area contributed by atoms with Crippen molar-refractivity contribution in [3.8, 4) is 22.1 Å². The summed E-state index contributed by atoms with van der Waals surface area (Å²) in [6, 6.07) is 14.4. The fourth-order valence-electron chi connectivity index (χ4n) is 3.01. The number of methoxy groups -OCH3 is 1. The van der Waals surface area contributed by atoms with Crippen molar-refractivity contribution < 1.29 is 19.1 Å². The lowest BCUT2D eigenvalue weighted by molar-refractivity contribution is -0.117. The number of benzene rings is 2. The van der Waals surface area contributed by atoms with Crippen LogP contribution < -0.4 is 14.4 Å². The molecule has 1 amide bonds. The largest absolute Gasteiger partial charge is 0.497 e. The van der Waals surface area contributed by atoms with E-state index >= 15 is 0 Å². The minimum absolute atomic E-state index is 0.123. The molecule has 2 heterocycles. The third-order valence-electron chi connectivity index (χ3n) is 4.48. The molecule has 2 aromatic carbocycles. The number of amides is 1. The second-order valence-electron chi connectivity index (χ2n) is 6.30. The van der Waals surface area contributed by atoms with Gasteiger partial charge in [-0.15, -0.1) is 11.3 Å². The highest BCUT2D eigenvalue weighted by molar-refractivity contribution is 7.13. The Morgan fingerprint density at radius 2 is 1.79 bits per heavy atom. The molecule has 7 heteroatoms. The maximum absolute atomic E-state index is 12.4. The van der Waals surface area contributed by atoms with Gasteiger partial charge in [-0.3, -0.25) is 4.79 Å². The predicted molar refractivity (Wildman–Crippen MR) is 107 cm³/mol. The van der Waals surface area contributed by atoms with Crippen molar-refractivity contribution in [2.24, 2.45) is 0 Å². The number of hydrogen-bond acceptors (Lipinski definition) is 6. The Kier molecular flexibility index (Phi) is 5.08. The van der Waals surface area contributed by atoms with E-state index < -0.39 is 5.97 Å². The van der Waals surface area contributed by atoms with Crippen LogP contribution in [0.15, 0.2) is 53.9 Å². The molecule has 1 aromatic heterocycles. The highest BCUT2D eigenvalue weighted by Crippen LogP contribution is 2.27. The van der Waals surface area contributed by atoms with Crippen LogP contribution in [0.2, 0.25) is 0 Å². The summed E-state index contributed by atoms with van der Waals surface area (Å²) in [5.74, 6) is 0.790. The van der Waals surface area contributed by atoms with E-state index in [9.17, 15) is 9.59 Å². The van der Waals surface area contributed by atoms with Crippen molar-refractivity contribution in [1.29, 1.82) is 0 Å². The van der Waals surface area contributed by atoms with E-state index in [0.717, 1.165) is 35.0 Å². The summed E-state index contributed by atoms with van der Waals surface area (Å²) in [4.78, 5) is 30.3. The highest BCUT2D eigenvalue weighted by atomic mass is 32.1. The third kappa shape index (κ3) is 3.75. The molecular weight excluding hydrogens is 376 g/mol. The molecule has 3 aromatic rings. The summed E-state index contributed by atoms with van der Waals surface area (Å²) >= 11 is 1.38. The Labute approximate surface area is 166 Å². The lowest BCUT2D eigenvalue weighted by Gasteiger charge is -2.15. The monoisotopic (exact) mass is 394 g/mol. The van der Waals surface area contributed by atoms with Crippen LogP contribution in [-0.2, 0) is 4.79 Å². The van der Waals surface area contributed by atoms with E-state index in [1.165, 1.54) is 11.3 Å². The number of nitrogens with zero attached hydrogens (tertiary/aromatic N) is 2. The van der Waals surface area contributed by atoms with Gasteiger partial charge in [-0.05, 0) is 55.0 Å². The van der Waals surface area contributed by atoms with Gasteiger partial charge < -0.3 is 14.4 Å². The van der Waals surface area contributed by atoms with Crippen molar-refractivity contribution >= 4 is 28.9 Å². The standard InChI is InChI=1S/C21H18N2O4S/c1-26-16-8-4-14(5-9-16)20-22-18(13-28-20)21(25)27-17-10-6-15(7-11-17)23-12-2-3-19(23)24/h4-11,13H,2-3,12H2,1H3. The minimum atomic E-state index is -0.513. The van der Waals surface area contributed by atoms with Crippen LogP contribution in [0.1, 0.15) is 23.3 Å². The van der Waals surface area contributed by atoms with Crippen LogP contribution in [0.25, 0.3) is 10.6 Å². The Hall–Kier alpha value is -3.19. The second-order valence-corrected chi connectivity index (χ2v) is 7.16. The fraction of sp³-hybridized carbons (Fsp3) is 0.190. The van der Waals surface area contributed by atoms with Gasteiger partial charge in [0.2, 0.25) is 5.91 Å². The first-order valence-corrected chi connectivity index (χ1v) is 9.74. The molecule has 0 bridgehead atoms. The van der Waals surface area contributed by atoms with Crippen LogP contribution in [0.3, 0.4) is 0 Å². The molecule has 0 radical (unpaired) electrons. The molecule has 6 nitrogen and oxygen atoms in total. The van der Waals surface area contributed by atoms with E-state index in [0.29, 0.717) is 12.2 Å². The van der Waals surface area contributed by atoms with Crippen LogP contribution >= 0.6 is 11.3 Å². The number of esters is 1. The molecule has 0 N–H and O–H groups in total. The lowest BCUT2D eigenvalue weighted by atomic mass is 10.2. The number of thiazole rings is 1. The maximum atomic E-state index is 12.4. The van der Waals surface area contributed by atoms with Crippen LogP contribution in [0.4, 0.5) is 5.69 Å². The molecule has 0 spiro atoms. The number of aromatic nitrogens is 1. The Morgan fingerprint density at radius 3 is 2.43 bits per heavy atom. The van der Waals surface area contributed by atoms with Gasteiger partial charge in [0.05, 0.1) is 7.11 Å². The van der Waals surface area contributed by atoms with Gasteiger partial charge in [-0.2, -0.15) is 0 Å². The minimum Gasteiger partial charge on any atom is -0.497 e. The smallest absolute Gasteiger partial charge is 0.363 e. The van der Waals surface area contributed by atoms with Gasteiger partial charge in [-0.25, -0.2) is 9.78 Å². The van der Waals surface area contributed by atoms with Crippen molar-refractivity contribution in [2.75, 3.05) is 18.6 Å². The average molecular weight is 394 g/mol. The number of carbonyl (C=O) groups excluding carboxylic acids is 2. The first kappa shape index (κ1) is 18.2. The number of hydrogen-bond donors (Lipinski definition) is 0. The average Bonchev–Trinajstić information content (AvgIpc) is 3.38. The molecular formula is C21H18N2O4S. The summed E-state index contributed by atoms with van der Waals surface area (Å²) in [5, 5.41) is 2.41. The molecule has 1 aliphatic rings. The zero-order valence-electron chi connectivity index (χ0n) is 15.3. The molecule has 142 valence electrons. The molecule has 0 saturated carbocycles. The number of ether oxygens (including phenoxy) is 2. The molecule has 4 rings (SSSR count). The van der Waals surface area contributed by atoms with Gasteiger partial charge in [0, 0.05) is 29.6 Å². The number of carbonyl (C=O) groups is 2. The van der Waals surface area contributed by atoms with E-state index in [4.69, 9.17) is 9.47 Å². The number of rotatable bonds is 5. The summed E-state index contributed by atoms with van der Waals surface area (Å²) in [6.07, 6.45) is 1.45. The summed E-state index contributed by atoms with van der Waals surface area (Å²) in [7, 11) is 1.61. The quantitative estimate of drug-likeness (QED) is 0.480. The molecule has 0 aliphatic carbocycles. The Morgan fingerprint density at radius 1 is 1.07 bits per heavy atom. The fourth-order valence-corrected chi connectivity index (χ4v) is 3.80. The van der Waals surface area contributed by atoms with Crippen molar-refractivity contribution in [2.45, 2.75) is 12.8 Å².